The van der Waals surface area contributed by atoms with Gasteiger partial charge in [0.15, 0.2) is 11.5 Å². The minimum Gasteiger partial charge on any atom is -0.493 e. The van der Waals surface area contributed by atoms with Crippen molar-refractivity contribution in [2.45, 2.75) is 25.8 Å². The van der Waals surface area contributed by atoms with Crippen LogP contribution >= 0.6 is 11.6 Å². The molecule has 0 radical (unpaired) electrons. The molecule has 4 aromatic rings. The number of halogens is 1. The van der Waals surface area contributed by atoms with Gasteiger partial charge in [0.05, 0.1) is 37.9 Å². The minimum atomic E-state index is -0.256. The molecule has 0 spiro atoms. The van der Waals surface area contributed by atoms with Gasteiger partial charge in [0.25, 0.3) is 5.91 Å². The maximum absolute atomic E-state index is 13.3. The molecule has 2 heterocycles. The van der Waals surface area contributed by atoms with Crippen LogP contribution in [0.2, 0.25) is 5.02 Å². The lowest BCUT2D eigenvalue weighted by Crippen LogP contribution is -2.40. The van der Waals surface area contributed by atoms with Crippen molar-refractivity contribution in [3.63, 3.8) is 0 Å². The first-order valence-corrected chi connectivity index (χ1v) is 14.5. The molecular formula is C32H34ClN5O5. The zero-order valence-electron chi connectivity index (χ0n) is 24.1. The molecule has 0 bridgehead atoms. The predicted molar refractivity (Wildman–Crippen MR) is 163 cm³/mol. The quantitative estimate of drug-likeness (QED) is 0.239. The number of methoxy groups -OCH3 is 2. The molecule has 0 aliphatic carbocycles. The van der Waals surface area contributed by atoms with Crippen LogP contribution < -0.4 is 20.1 Å². The summed E-state index contributed by atoms with van der Waals surface area (Å²) in [6.07, 6.45) is 2.21. The third-order valence-corrected chi connectivity index (χ3v) is 7.60. The van der Waals surface area contributed by atoms with E-state index in [2.05, 4.69) is 25.7 Å². The van der Waals surface area contributed by atoms with Crippen molar-refractivity contribution in [1.29, 1.82) is 0 Å². The second kappa shape index (κ2) is 14.2. The van der Waals surface area contributed by atoms with Crippen LogP contribution in [0.15, 0.2) is 71.3 Å². The standard InChI is InChI=1S/C32H34ClN5O5/c1-41-27-13-12-21(17-28(27)42-2)14-15-34-32(40)25-10-3-4-11-26(25)35-31(39)23-8-6-16-38(19-23)20-29-36-30(37-43-29)22-7-5-9-24(33)18-22/h3-5,7,9-13,17-18,23H,6,8,14-16,19-20H2,1-2H3,(H,34,40)(H,35,39). The number of carbonyl (C=O) groups excluding carboxylic acids is 2. The number of hydrogen-bond acceptors (Lipinski definition) is 8. The summed E-state index contributed by atoms with van der Waals surface area (Å²) in [6, 6.07) is 20.0. The summed E-state index contributed by atoms with van der Waals surface area (Å²) >= 11 is 6.09. The van der Waals surface area contributed by atoms with E-state index in [4.69, 9.17) is 25.6 Å². The minimum absolute atomic E-state index is 0.125. The number of benzene rings is 3. The molecule has 224 valence electrons. The Morgan fingerprint density at radius 2 is 1.88 bits per heavy atom. The lowest BCUT2D eigenvalue weighted by Gasteiger charge is -2.31. The maximum atomic E-state index is 13.3. The summed E-state index contributed by atoms with van der Waals surface area (Å²) in [5.74, 6) is 1.62. The van der Waals surface area contributed by atoms with Crippen LogP contribution in [0, 0.1) is 5.92 Å². The van der Waals surface area contributed by atoms with E-state index >= 15 is 0 Å². The van der Waals surface area contributed by atoms with Crippen LogP contribution in [0.25, 0.3) is 11.4 Å². The molecule has 1 atom stereocenters. The number of piperidine rings is 1. The van der Waals surface area contributed by atoms with Gasteiger partial charge in [-0.25, -0.2) is 0 Å². The number of para-hydroxylation sites is 1. The van der Waals surface area contributed by atoms with Gasteiger partial charge in [-0.1, -0.05) is 47.1 Å². The molecule has 1 saturated heterocycles. The summed E-state index contributed by atoms with van der Waals surface area (Å²) < 4.78 is 16.1. The number of nitrogens with zero attached hydrogens (tertiary/aromatic N) is 3. The van der Waals surface area contributed by atoms with Crippen molar-refractivity contribution < 1.29 is 23.6 Å². The number of hydrogen-bond donors (Lipinski definition) is 2. The molecule has 43 heavy (non-hydrogen) atoms. The number of rotatable bonds is 11. The van der Waals surface area contributed by atoms with Crippen LogP contribution in [0.5, 0.6) is 11.5 Å². The average molecular weight is 604 g/mol. The molecule has 2 amide bonds. The molecule has 1 unspecified atom stereocenters. The Balaban J connectivity index is 1.15. The van der Waals surface area contributed by atoms with Crippen molar-refractivity contribution in [2.24, 2.45) is 5.92 Å². The predicted octanol–water partition coefficient (Wildman–Crippen LogP) is 5.23. The van der Waals surface area contributed by atoms with Gasteiger partial charge in [-0.05, 0) is 67.8 Å². The number of aromatic nitrogens is 2. The Bertz CT molecular complexity index is 1580. The topological polar surface area (TPSA) is 119 Å². The third kappa shape index (κ3) is 7.71. The Hall–Kier alpha value is -4.41. The summed E-state index contributed by atoms with van der Waals surface area (Å²) in [4.78, 5) is 33.0. The van der Waals surface area contributed by atoms with Gasteiger partial charge in [0, 0.05) is 23.7 Å². The molecule has 11 heteroatoms. The van der Waals surface area contributed by atoms with E-state index in [0.29, 0.717) is 65.5 Å². The van der Waals surface area contributed by atoms with Gasteiger partial charge in [0.1, 0.15) is 0 Å². The first-order valence-electron chi connectivity index (χ1n) is 14.1. The molecule has 1 aromatic heterocycles. The van der Waals surface area contributed by atoms with E-state index in [-0.39, 0.29) is 17.7 Å². The SMILES string of the molecule is COc1ccc(CCNC(=O)c2ccccc2NC(=O)C2CCCN(Cc3nc(-c4cccc(Cl)c4)no3)C2)cc1OC. The molecular weight excluding hydrogens is 570 g/mol. The summed E-state index contributed by atoms with van der Waals surface area (Å²) in [5.41, 5.74) is 2.68. The highest BCUT2D eigenvalue weighted by Crippen LogP contribution is 2.28. The summed E-state index contributed by atoms with van der Waals surface area (Å²) in [5, 5.41) is 10.6. The van der Waals surface area contributed by atoms with E-state index in [1.807, 2.05) is 30.3 Å². The Kier molecular flexibility index (Phi) is 9.91. The van der Waals surface area contributed by atoms with Crippen LogP contribution in [-0.4, -0.2) is 60.7 Å². The van der Waals surface area contributed by atoms with Gasteiger partial charge in [-0.15, -0.1) is 0 Å². The summed E-state index contributed by atoms with van der Waals surface area (Å²) in [6.45, 7) is 2.22. The fraction of sp³-hybridized carbons (Fsp3) is 0.312. The van der Waals surface area contributed by atoms with Gasteiger partial charge in [-0.2, -0.15) is 4.98 Å². The smallest absolute Gasteiger partial charge is 0.253 e. The molecule has 0 saturated carbocycles. The lowest BCUT2D eigenvalue weighted by atomic mass is 9.96. The normalized spacial score (nSPS) is 15.1. The van der Waals surface area contributed by atoms with E-state index in [9.17, 15) is 9.59 Å². The molecule has 2 N–H and O–H groups in total. The van der Waals surface area contributed by atoms with Crippen LogP contribution in [0.4, 0.5) is 5.69 Å². The number of ether oxygens (including phenoxy) is 2. The number of carbonyl (C=O) groups is 2. The van der Waals surface area contributed by atoms with Crippen molar-refractivity contribution in [3.8, 4) is 22.9 Å². The zero-order chi connectivity index (χ0) is 30.2. The molecule has 10 nitrogen and oxygen atoms in total. The Labute approximate surface area is 255 Å². The van der Waals surface area contributed by atoms with Gasteiger partial charge in [-0.3, -0.25) is 14.5 Å². The Morgan fingerprint density at radius 3 is 2.70 bits per heavy atom. The largest absolute Gasteiger partial charge is 0.493 e. The molecule has 1 fully saturated rings. The van der Waals surface area contributed by atoms with E-state index in [1.165, 1.54) is 0 Å². The highest BCUT2D eigenvalue weighted by atomic mass is 35.5. The number of amides is 2. The van der Waals surface area contributed by atoms with Gasteiger partial charge < -0.3 is 24.6 Å². The van der Waals surface area contributed by atoms with E-state index in [0.717, 1.165) is 30.5 Å². The second-order valence-corrected chi connectivity index (χ2v) is 10.8. The number of nitrogens with one attached hydrogen (secondary N) is 2. The summed E-state index contributed by atoms with van der Waals surface area (Å²) in [7, 11) is 3.18. The first kappa shape index (κ1) is 30.1. The van der Waals surface area contributed by atoms with Crippen LogP contribution in [0.3, 0.4) is 0 Å². The Morgan fingerprint density at radius 1 is 1.05 bits per heavy atom. The number of likely N-dealkylation sites (tertiary alicyclic amines) is 1. The fourth-order valence-electron chi connectivity index (χ4n) is 5.14. The number of anilines is 1. The third-order valence-electron chi connectivity index (χ3n) is 7.36. The van der Waals surface area contributed by atoms with Gasteiger partial charge in [0.2, 0.25) is 17.6 Å². The van der Waals surface area contributed by atoms with Crippen molar-refractivity contribution >= 4 is 29.1 Å². The maximum Gasteiger partial charge on any atom is 0.253 e. The molecule has 1 aliphatic heterocycles. The van der Waals surface area contributed by atoms with Crippen LogP contribution in [-0.2, 0) is 17.8 Å². The first-order chi connectivity index (χ1) is 20.9. The van der Waals surface area contributed by atoms with Crippen LogP contribution in [0.1, 0.15) is 34.7 Å². The highest BCUT2D eigenvalue weighted by molar-refractivity contribution is 6.30. The zero-order valence-corrected chi connectivity index (χ0v) is 24.9. The average Bonchev–Trinajstić information content (AvgIpc) is 3.49. The fourth-order valence-corrected chi connectivity index (χ4v) is 5.34. The lowest BCUT2D eigenvalue weighted by molar-refractivity contribution is -0.121. The van der Waals surface area contributed by atoms with Crippen molar-refractivity contribution in [3.05, 3.63) is 88.8 Å². The molecule has 1 aliphatic rings. The van der Waals surface area contributed by atoms with E-state index < -0.39 is 0 Å². The van der Waals surface area contributed by atoms with Gasteiger partial charge >= 0.3 is 0 Å². The van der Waals surface area contributed by atoms with Crippen molar-refractivity contribution in [2.75, 3.05) is 39.2 Å². The molecule has 3 aromatic carbocycles. The monoisotopic (exact) mass is 603 g/mol. The van der Waals surface area contributed by atoms with E-state index in [1.54, 1.807) is 50.6 Å². The highest BCUT2D eigenvalue weighted by Gasteiger charge is 2.28. The second-order valence-electron chi connectivity index (χ2n) is 10.3. The molecule has 5 rings (SSSR count). The van der Waals surface area contributed by atoms with Crippen molar-refractivity contribution in [1.82, 2.24) is 20.4 Å².